The number of nitrogens with zero attached hydrogens (tertiary/aromatic N) is 2. The number of guanidine groups is 1. The molecule has 28 heavy (non-hydrogen) atoms. The smallest absolute Gasteiger partial charge is 0.292 e. The molecule has 1 aromatic carbocycles. The van der Waals surface area contributed by atoms with Crippen LogP contribution in [0.3, 0.4) is 0 Å². The summed E-state index contributed by atoms with van der Waals surface area (Å²) >= 11 is 1.53. The van der Waals surface area contributed by atoms with Crippen LogP contribution in [-0.2, 0) is 5.60 Å². The molecule has 10 heteroatoms. The lowest BCUT2D eigenvalue weighted by Gasteiger charge is -2.21. The molecule has 8 nitrogen and oxygen atoms in total. The maximum absolute atomic E-state index is 11.0. The van der Waals surface area contributed by atoms with Gasteiger partial charge >= 0.3 is 0 Å². The number of nitro benzene ring substituents is 1. The SMILES string of the molecule is CCNC(=NCC(C)(O)c1ccsc1)NCCNc1ccccc1[N+](=O)[O-].I. The molecule has 1 unspecified atom stereocenters. The lowest BCUT2D eigenvalue weighted by atomic mass is 10.00. The highest BCUT2D eigenvalue weighted by Crippen LogP contribution is 2.23. The van der Waals surface area contributed by atoms with Gasteiger partial charge in [0.2, 0.25) is 0 Å². The summed E-state index contributed by atoms with van der Waals surface area (Å²) in [5, 5.41) is 34.7. The second-order valence-electron chi connectivity index (χ2n) is 6.11. The fraction of sp³-hybridized carbons (Fsp3) is 0.389. The van der Waals surface area contributed by atoms with E-state index in [1.165, 1.54) is 17.4 Å². The number of rotatable bonds is 9. The molecule has 2 rings (SSSR count). The van der Waals surface area contributed by atoms with E-state index >= 15 is 0 Å². The summed E-state index contributed by atoms with van der Waals surface area (Å²) in [4.78, 5) is 15.1. The lowest BCUT2D eigenvalue weighted by molar-refractivity contribution is -0.384. The van der Waals surface area contributed by atoms with E-state index in [-0.39, 0.29) is 36.2 Å². The zero-order chi connectivity index (χ0) is 19.7. The number of halogens is 1. The number of anilines is 1. The minimum Gasteiger partial charge on any atom is -0.383 e. The predicted molar refractivity (Wildman–Crippen MR) is 125 cm³/mol. The van der Waals surface area contributed by atoms with E-state index in [0.29, 0.717) is 31.3 Å². The molecule has 0 saturated heterocycles. The first-order valence-electron chi connectivity index (χ1n) is 8.68. The number of hydrogen-bond donors (Lipinski definition) is 4. The van der Waals surface area contributed by atoms with Crippen molar-refractivity contribution in [1.29, 1.82) is 0 Å². The van der Waals surface area contributed by atoms with Crippen LogP contribution in [0.5, 0.6) is 0 Å². The van der Waals surface area contributed by atoms with E-state index in [9.17, 15) is 15.2 Å². The van der Waals surface area contributed by atoms with Gasteiger partial charge in [0.1, 0.15) is 11.3 Å². The van der Waals surface area contributed by atoms with Crippen LogP contribution in [0.15, 0.2) is 46.1 Å². The highest BCUT2D eigenvalue weighted by molar-refractivity contribution is 14.0. The summed E-state index contributed by atoms with van der Waals surface area (Å²) in [6, 6.07) is 8.41. The molecule has 0 aliphatic rings. The van der Waals surface area contributed by atoms with Crippen LogP contribution in [0.2, 0.25) is 0 Å². The van der Waals surface area contributed by atoms with E-state index in [1.54, 1.807) is 25.1 Å². The quantitative estimate of drug-likeness (QED) is 0.101. The Labute approximate surface area is 185 Å². The van der Waals surface area contributed by atoms with Crippen molar-refractivity contribution in [2.45, 2.75) is 19.4 Å². The molecule has 4 N–H and O–H groups in total. The van der Waals surface area contributed by atoms with Gasteiger partial charge in [-0.05, 0) is 42.3 Å². The van der Waals surface area contributed by atoms with Crippen molar-refractivity contribution in [2.24, 2.45) is 4.99 Å². The molecule has 0 spiro atoms. The van der Waals surface area contributed by atoms with E-state index in [2.05, 4.69) is 20.9 Å². The fourth-order valence-electron chi connectivity index (χ4n) is 2.40. The van der Waals surface area contributed by atoms with Crippen LogP contribution in [0.1, 0.15) is 19.4 Å². The molecule has 1 atom stereocenters. The Morgan fingerprint density at radius 2 is 2.04 bits per heavy atom. The van der Waals surface area contributed by atoms with E-state index in [4.69, 9.17) is 0 Å². The van der Waals surface area contributed by atoms with Gasteiger partial charge in [0, 0.05) is 25.7 Å². The maximum atomic E-state index is 11.0. The number of aliphatic imine (C=N–C) groups is 1. The highest BCUT2D eigenvalue weighted by Gasteiger charge is 2.23. The molecule has 0 amide bonds. The second-order valence-corrected chi connectivity index (χ2v) is 6.89. The molecular weight excluding hydrogens is 493 g/mol. The standard InChI is InChI=1S/C18H25N5O3S.HI/c1-3-19-17(22-13-18(2,24)14-8-11-27-12-14)21-10-9-20-15-6-4-5-7-16(15)23(25)26;/h4-8,11-12,20,24H,3,9-10,13H2,1-2H3,(H2,19,21,22);1H. The summed E-state index contributed by atoms with van der Waals surface area (Å²) < 4.78 is 0. The molecule has 0 aliphatic heterocycles. The summed E-state index contributed by atoms with van der Waals surface area (Å²) in [6.45, 7) is 5.59. The number of thiophene rings is 1. The van der Waals surface area contributed by atoms with Crippen molar-refractivity contribution >= 4 is 52.6 Å². The minimum atomic E-state index is -1.04. The molecule has 0 saturated carbocycles. The monoisotopic (exact) mass is 519 g/mol. The van der Waals surface area contributed by atoms with Gasteiger partial charge in [-0.25, -0.2) is 4.99 Å². The van der Waals surface area contributed by atoms with Crippen molar-refractivity contribution < 1.29 is 10.0 Å². The third-order valence-electron chi connectivity index (χ3n) is 3.87. The van der Waals surface area contributed by atoms with Gasteiger partial charge < -0.3 is 21.1 Å². The second kappa shape index (κ2) is 11.8. The minimum absolute atomic E-state index is 0. The molecule has 2 aromatic rings. The van der Waals surface area contributed by atoms with Crippen LogP contribution in [0.25, 0.3) is 0 Å². The van der Waals surface area contributed by atoms with Crippen LogP contribution in [0.4, 0.5) is 11.4 Å². The Balaban J connectivity index is 0.00000392. The lowest BCUT2D eigenvalue weighted by Crippen LogP contribution is -2.40. The van der Waals surface area contributed by atoms with Crippen molar-refractivity contribution in [1.82, 2.24) is 10.6 Å². The average molecular weight is 519 g/mol. The van der Waals surface area contributed by atoms with Gasteiger partial charge in [-0.1, -0.05) is 12.1 Å². The van der Waals surface area contributed by atoms with Crippen molar-refractivity contribution in [2.75, 3.05) is 31.5 Å². The third kappa shape index (κ3) is 7.24. The first kappa shape index (κ1) is 24.1. The summed E-state index contributed by atoms with van der Waals surface area (Å²) in [7, 11) is 0. The van der Waals surface area contributed by atoms with E-state index < -0.39 is 10.5 Å². The van der Waals surface area contributed by atoms with Gasteiger partial charge in [-0.2, -0.15) is 11.3 Å². The Morgan fingerprint density at radius 3 is 2.68 bits per heavy atom. The van der Waals surface area contributed by atoms with Gasteiger partial charge in [-0.3, -0.25) is 10.1 Å². The first-order chi connectivity index (χ1) is 12.9. The van der Waals surface area contributed by atoms with Crippen molar-refractivity contribution in [3.05, 3.63) is 56.8 Å². The van der Waals surface area contributed by atoms with Crippen LogP contribution in [-0.4, -0.2) is 42.2 Å². The van der Waals surface area contributed by atoms with Gasteiger partial charge in [0.05, 0.1) is 11.5 Å². The van der Waals surface area contributed by atoms with Gasteiger partial charge in [0.15, 0.2) is 5.96 Å². The summed E-state index contributed by atoms with van der Waals surface area (Å²) in [5.74, 6) is 0.581. The molecule has 0 radical (unpaired) electrons. The van der Waals surface area contributed by atoms with Crippen LogP contribution < -0.4 is 16.0 Å². The van der Waals surface area contributed by atoms with E-state index in [1.807, 2.05) is 23.8 Å². The van der Waals surface area contributed by atoms with Crippen molar-refractivity contribution in [3.8, 4) is 0 Å². The van der Waals surface area contributed by atoms with Crippen LogP contribution in [0, 0.1) is 10.1 Å². The number of hydrogen-bond acceptors (Lipinski definition) is 6. The Morgan fingerprint density at radius 1 is 1.29 bits per heavy atom. The molecule has 154 valence electrons. The predicted octanol–water partition coefficient (Wildman–Crippen LogP) is 3.15. The summed E-state index contributed by atoms with van der Waals surface area (Å²) in [6.07, 6.45) is 0. The van der Waals surface area contributed by atoms with Gasteiger partial charge in [0.25, 0.3) is 5.69 Å². The summed E-state index contributed by atoms with van der Waals surface area (Å²) in [5.41, 5.74) is 0.326. The highest BCUT2D eigenvalue weighted by atomic mass is 127. The molecule has 0 bridgehead atoms. The van der Waals surface area contributed by atoms with E-state index in [0.717, 1.165) is 5.56 Å². The Kier molecular flexibility index (Phi) is 10.2. The zero-order valence-corrected chi connectivity index (χ0v) is 19.0. The number of para-hydroxylation sites is 2. The first-order valence-corrected chi connectivity index (χ1v) is 9.63. The maximum Gasteiger partial charge on any atom is 0.292 e. The normalized spacial score (nSPS) is 13.2. The molecule has 1 heterocycles. The number of nitrogens with one attached hydrogen (secondary N) is 3. The number of nitro groups is 1. The number of benzene rings is 1. The Hall–Kier alpha value is -1.92. The molecule has 0 aliphatic carbocycles. The molecular formula is C18H26IN5O3S. The molecule has 1 aromatic heterocycles. The number of aliphatic hydroxyl groups is 1. The van der Waals surface area contributed by atoms with Crippen molar-refractivity contribution in [3.63, 3.8) is 0 Å². The van der Waals surface area contributed by atoms with Crippen LogP contribution >= 0.6 is 35.3 Å². The fourth-order valence-corrected chi connectivity index (χ4v) is 3.18. The largest absolute Gasteiger partial charge is 0.383 e. The Bertz CT molecular complexity index is 768. The molecule has 0 fully saturated rings. The zero-order valence-electron chi connectivity index (χ0n) is 15.8. The van der Waals surface area contributed by atoms with Gasteiger partial charge in [-0.15, -0.1) is 24.0 Å². The third-order valence-corrected chi connectivity index (χ3v) is 4.55. The topological polar surface area (TPSA) is 112 Å². The average Bonchev–Trinajstić information content (AvgIpc) is 3.19.